The van der Waals surface area contributed by atoms with Crippen LogP contribution in [0, 0.1) is 0 Å². The van der Waals surface area contributed by atoms with Crippen molar-refractivity contribution < 1.29 is 23.0 Å². The molecule has 0 fully saturated rings. The SMILES string of the molecule is O=S(=O)(c1ccccc1)c1ccc2c(c1)OC[C@H](CO)O2. The van der Waals surface area contributed by atoms with Crippen LogP contribution in [0.3, 0.4) is 0 Å². The van der Waals surface area contributed by atoms with Crippen LogP contribution in [0.5, 0.6) is 11.5 Å². The lowest BCUT2D eigenvalue weighted by molar-refractivity contribution is 0.0454. The minimum absolute atomic E-state index is 0.149. The van der Waals surface area contributed by atoms with Crippen molar-refractivity contribution >= 4 is 9.84 Å². The molecule has 110 valence electrons. The summed E-state index contributed by atoms with van der Waals surface area (Å²) in [6, 6.07) is 12.7. The molecular weight excluding hydrogens is 292 g/mol. The minimum atomic E-state index is -3.58. The quantitative estimate of drug-likeness (QED) is 0.933. The molecule has 1 aliphatic heterocycles. The van der Waals surface area contributed by atoms with E-state index in [1.807, 2.05) is 0 Å². The Hall–Kier alpha value is -2.05. The summed E-state index contributed by atoms with van der Waals surface area (Å²) in [6.07, 6.45) is -0.422. The number of rotatable bonds is 3. The first kappa shape index (κ1) is 13.9. The fraction of sp³-hybridized carbons (Fsp3) is 0.200. The van der Waals surface area contributed by atoms with Crippen LogP contribution in [0.2, 0.25) is 0 Å². The first-order valence-electron chi connectivity index (χ1n) is 6.46. The van der Waals surface area contributed by atoms with E-state index in [9.17, 15) is 8.42 Å². The van der Waals surface area contributed by atoms with E-state index in [1.54, 1.807) is 36.4 Å². The van der Waals surface area contributed by atoms with Gasteiger partial charge in [-0.05, 0) is 24.3 Å². The Labute approximate surface area is 122 Å². The molecular formula is C15H14O5S. The molecule has 0 bridgehead atoms. The summed E-state index contributed by atoms with van der Waals surface area (Å²) in [5.41, 5.74) is 0. The summed E-state index contributed by atoms with van der Waals surface area (Å²) in [6.45, 7) is 0.0435. The smallest absolute Gasteiger partial charge is 0.206 e. The number of aliphatic hydroxyl groups excluding tert-OH is 1. The maximum absolute atomic E-state index is 12.5. The highest BCUT2D eigenvalue weighted by Crippen LogP contribution is 2.35. The minimum Gasteiger partial charge on any atom is -0.486 e. The highest BCUT2D eigenvalue weighted by Gasteiger charge is 2.24. The van der Waals surface area contributed by atoms with E-state index in [1.165, 1.54) is 12.1 Å². The molecule has 3 rings (SSSR count). The molecule has 0 aromatic heterocycles. The van der Waals surface area contributed by atoms with E-state index in [2.05, 4.69) is 0 Å². The van der Waals surface area contributed by atoms with Gasteiger partial charge >= 0.3 is 0 Å². The van der Waals surface area contributed by atoms with Gasteiger partial charge in [0.05, 0.1) is 16.4 Å². The van der Waals surface area contributed by atoms with Crippen molar-refractivity contribution in [3.63, 3.8) is 0 Å². The molecule has 21 heavy (non-hydrogen) atoms. The first-order valence-corrected chi connectivity index (χ1v) is 7.94. The highest BCUT2D eigenvalue weighted by atomic mass is 32.2. The average Bonchev–Trinajstić information content (AvgIpc) is 2.54. The monoisotopic (exact) mass is 306 g/mol. The third-order valence-electron chi connectivity index (χ3n) is 3.20. The lowest BCUT2D eigenvalue weighted by atomic mass is 10.2. The second-order valence-electron chi connectivity index (χ2n) is 4.66. The van der Waals surface area contributed by atoms with Gasteiger partial charge in [-0.15, -0.1) is 0 Å². The molecule has 1 aliphatic rings. The van der Waals surface area contributed by atoms with Gasteiger partial charge < -0.3 is 14.6 Å². The van der Waals surface area contributed by atoms with Crippen molar-refractivity contribution in [1.29, 1.82) is 0 Å². The van der Waals surface area contributed by atoms with Crippen molar-refractivity contribution in [1.82, 2.24) is 0 Å². The normalized spacial score (nSPS) is 17.5. The molecule has 0 radical (unpaired) electrons. The largest absolute Gasteiger partial charge is 0.486 e. The lowest BCUT2D eigenvalue weighted by Gasteiger charge is -2.25. The summed E-state index contributed by atoms with van der Waals surface area (Å²) in [4.78, 5) is 0.383. The maximum Gasteiger partial charge on any atom is 0.206 e. The third-order valence-corrected chi connectivity index (χ3v) is 4.97. The van der Waals surface area contributed by atoms with Crippen LogP contribution in [-0.4, -0.2) is 32.8 Å². The Morgan fingerprint density at radius 1 is 1.05 bits per heavy atom. The van der Waals surface area contributed by atoms with Gasteiger partial charge in [0.25, 0.3) is 0 Å². The van der Waals surface area contributed by atoms with Crippen molar-refractivity contribution in [2.24, 2.45) is 0 Å². The molecule has 0 saturated carbocycles. The molecule has 0 amide bonds. The summed E-state index contributed by atoms with van der Waals surface area (Å²) in [7, 11) is -3.58. The number of ether oxygens (including phenoxy) is 2. The van der Waals surface area contributed by atoms with Gasteiger partial charge in [-0.1, -0.05) is 18.2 Å². The van der Waals surface area contributed by atoms with Gasteiger partial charge in [0, 0.05) is 6.07 Å². The number of sulfone groups is 1. The summed E-state index contributed by atoms with van der Waals surface area (Å²) in [5.74, 6) is 0.809. The highest BCUT2D eigenvalue weighted by molar-refractivity contribution is 7.91. The van der Waals surface area contributed by atoms with Gasteiger partial charge in [0.15, 0.2) is 17.6 Å². The Morgan fingerprint density at radius 3 is 2.52 bits per heavy atom. The number of hydrogen-bond donors (Lipinski definition) is 1. The van der Waals surface area contributed by atoms with Crippen LogP contribution < -0.4 is 9.47 Å². The fourth-order valence-electron chi connectivity index (χ4n) is 2.09. The predicted molar refractivity (Wildman–Crippen MR) is 75.3 cm³/mol. The van der Waals surface area contributed by atoms with Crippen LogP contribution in [0.25, 0.3) is 0 Å². The second kappa shape index (κ2) is 5.38. The predicted octanol–water partition coefficient (Wildman–Crippen LogP) is 1.65. The van der Waals surface area contributed by atoms with Crippen LogP contribution >= 0.6 is 0 Å². The molecule has 1 N–H and O–H groups in total. The zero-order valence-corrected chi connectivity index (χ0v) is 11.9. The van der Waals surface area contributed by atoms with Gasteiger partial charge in [-0.2, -0.15) is 0 Å². The molecule has 1 atom stereocenters. The van der Waals surface area contributed by atoms with Crippen LogP contribution in [0.1, 0.15) is 0 Å². The van der Waals surface area contributed by atoms with Gasteiger partial charge in [0.2, 0.25) is 9.84 Å². The van der Waals surface area contributed by atoms with Crippen molar-refractivity contribution in [2.75, 3.05) is 13.2 Å². The van der Waals surface area contributed by atoms with Crippen molar-refractivity contribution in [2.45, 2.75) is 15.9 Å². The summed E-state index contributed by atoms with van der Waals surface area (Å²) < 4.78 is 35.9. The van der Waals surface area contributed by atoms with E-state index in [-0.39, 0.29) is 23.0 Å². The summed E-state index contributed by atoms with van der Waals surface area (Å²) in [5, 5.41) is 9.05. The van der Waals surface area contributed by atoms with E-state index >= 15 is 0 Å². The first-order chi connectivity index (χ1) is 10.1. The van der Waals surface area contributed by atoms with E-state index in [4.69, 9.17) is 14.6 Å². The molecule has 0 unspecified atom stereocenters. The molecule has 1 heterocycles. The molecule has 0 saturated heterocycles. The van der Waals surface area contributed by atoms with Gasteiger partial charge in [0.1, 0.15) is 6.61 Å². The Bertz CT molecular complexity index is 740. The summed E-state index contributed by atoms with van der Waals surface area (Å²) >= 11 is 0. The van der Waals surface area contributed by atoms with Crippen molar-refractivity contribution in [3.8, 4) is 11.5 Å². The zero-order chi connectivity index (χ0) is 14.9. The number of benzene rings is 2. The van der Waals surface area contributed by atoms with Crippen LogP contribution in [-0.2, 0) is 9.84 Å². The number of aliphatic hydroxyl groups is 1. The maximum atomic E-state index is 12.5. The van der Waals surface area contributed by atoms with Crippen molar-refractivity contribution in [3.05, 3.63) is 48.5 Å². The Balaban J connectivity index is 1.98. The standard InChI is InChI=1S/C15H14O5S/c16-9-11-10-19-15-8-13(6-7-14(15)20-11)21(17,18)12-4-2-1-3-5-12/h1-8,11,16H,9-10H2/t11-/m0/s1. The molecule has 6 heteroatoms. The van der Waals surface area contributed by atoms with E-state index in [0.29, 0.717) is 11.5 Å². The average molecular weight is 306 g/mol. The molecule has 2 aromatic rings. The topological polar surface area (TPSA) is 72.8 Å². The molecule has 0 spiro atoms. The Kier molecular flexibility index (Phi) is 3.57. The zero-order valence-electron chi connectivity index (χ0n) is 11.1. The second-order valence-corrected chi connectivity index (χ2v) is 6.61. The fourth-order valence-corrected chi connectivity index (χ4v) is 3.38. The number of hydrogen-bond acceptors (Lipinski definition) is 5. The number of fused-ring (bicyclic) bond motifs is 1. The third kappa shape index (κ3) is 2.59. The van der Waals surface area contributed by atoms with Gasteiger partial charge in [-0.25, -0.2) is 8.42 Å². The molecule has 0 aliphatic carbocycles. The Morgan fingerprint density at radius 2 is 1.81 bits per heavy atom. The van der Waals surface area contributed by atoms with Gasteiger partial charge in [-0.3, -0.25) is 0 Å². The molecule has 5 nitrogen and oxygen atoms in total. The van der Waals surface area contributed by atoms with Crippen LogP contribution in [0.4, 0.5) is 0 Å². The van der Waals surface area contributed by atoms with Crippen LogP contribution in [0.15, 0.2) is 58.3 Å². The van der Waals surface area contributed by atoms with E-state index < -0.39 is 15.9 Å². The van der Waals surface area contributed by atoms with E-state index in [0.717, 1.165) is 0 Å². The molecule has 2 aromatic carbocycles. The lowest BCUT2D eigenvalue weighted by Crippen LogP contribution is -2.32.